The van der Waals surface area contributed by atoms with E-state index in [0.29, 0.717) is 6.42 Å². The summed E-state index contributed by atoms with van der Waals surface area (Å²) in [5, 5.41) is 2.89. The lowest BCUT2D eigenvalue weighted by atomic mass is 10.1. The molecule has 1 aromatic rings. The van der Waals surface area contributed by atoms with Crippen LogP contribution in [0.2, 0.25) is 0 Å². The molecule has 0 aromatic heterocycles. The molecule has 0 aliphatic heterocycles. The fourth-order valence-corrected chi connectivity index (χ4v) is 1.63. The van der Waals surface area contributed by atoms with Gasteiger partial charge >= 0.3 is 0 Å². The number of nitrogens with two attached hydrogens (primary N) is 1. The molecule has 94 valence electrons. The highest BCUT2D eigenvalue weighted by Crippen LogP contribution is 2.14. The van der Waals surface area contributed by atoms with E-state index in [1.54, 1.807) is 0 Å². The van der Waals surface area contributed by atoms with E-state index >= 15 is 0 Å². The molecular formula is C14H22N2O. The maximum atomic E-state index is 11.6. The molecular weight excluding hydrogens is 212 g/mol. The van der Waals surface area contributed by atoms with Gasteiger partial charge in [0.25, 0.3) is 0 Å². The first-order valence-electron chi connectivity index (χ1n) is 6.29. The minimum absolute atomic E-state index is 0.0318. The Hall–Kier alpha value is -1.35. The Bertz CT molecular complexity index is 344. The standard InChI is InChI=1S/C14H22N2O/c1-3-4-5-6-14(17)16-13-9-7-12(8-10-13)11(2)15/h7-11H,3-6,15H2,1-2H3,(H,16,17)/t11-/m1/s1. The highest BCUT2D eigenvalue weighted by molar-refractivity contribution is 5.90. The maximum absolute atomic E-state index is 11.6. The summed E-state index contributed by atoms with van der Waals surface area (Å²) in [5.74, 6) is 0.0898. The summed E-state index contributed by atoms with van der Waals surface area (Å²) in [6.07, 6.45) is 3.80. The first kappa shape index (κ1) is 13.7. The number of anilines is 1. The molecule has 0 spiro atoms. The van der Waals surface area contributed by atoms with E-state index in [0.717, 1.165) is 30.5 Å². The largest absolute Gasteiger partial charge is 0.326 e. The Kier molecular flexibility index (Phi) is 5.70. The highest BCUT2D eigenvalue weighted by Gasteiger charge is 2.03. The zero-order valence-corrected chi connectivity index (χ0v) is 10.7. The van der Waals surface area contributed by atoms with Gasteiger partial charge < -0.3 is 11.1 Å². The summed E-state index contributed by atoms with van der Waals surface area (Å²) < 4.78 is 0. The smallest absolute Gasteiger partial charge is 0.224 e. The Labute approximate surface area is 103 Å². The van der Waals surface area contributed by atoms with Crippen molar-refractivity contribution >= 4 is 11.6 Å². The number of amides is 1. The van der Waals surface area contributed by atoms with Gasteiger partial charge in [0.1, 0.15) is 0 Å². The van der Waals surface area contributed by atoms with Crippen molar-refractivity contribution in [2.75, 3.05) is 5.32 Å². The average molecular weight is 234 g/mol. The molecule has 1 aromatic carbocycles. The van der Waals surface area contributed by atoms with Crippen molar-refractivity contribution in [3.63, 3.8) is 0 Å². The van der Waals surface area contributed by atoms with Crippen molar-refractivity contribution < 1.29 is 4.79 Å². The minimum Gasteiger partial charge on any atom is -0.326 e. The molecule has 1 rings (SSSR count). The van der Waals surface area contributed by atoms with Gasteiger partial charge in [-0.3, -0.25) is 4.79 Å². The minimum atomic E-state index is 0.0318. The van der Waals surface area contributed by atoms with E-state index < -0.39 is 0 Å². The number of benzene rings is 1. The summed E-state index contributed by atoms with van der Waals surface area (Å²) >= 11 is 0. The van der Waals surface area contributed by atoms with Gasteiger partial charge in [0, 0.05) is 18.2 Å². The lowest BCUT2D eigenvalue weighted by Crippen LogP contribution is -2.11. The van der Waals surface area contributed by atoms with Crippen molar-refractivity contribution in [3.8, 4) is 0 Å². The fourth-order valence-electron chi connectivity index (χ4n) is 1.63. The van der Waals surface area contributed by atoms with E-state index in [-0.39, 0.29) is 11.9 Å². The van der Waals surface area contributed by atoms with Crippen LogP contribution in [0, 0.1) is 0 Å². The second kappa shape index (κ2) is 7.07. The number of unbranched alkanes of at least 4 members (excludes halogenated alkanes) is 2. The summed E-state index contributed by atoms with van der Waals surface area (Å²) in [6, 6.07) is 7.73. The molecule has 3 heteroatoms. The van der Waals surface area contributed by atoms with Crippen LogP contribution in [0.4, 0.5) is 5.69 Å². The topological polar surface area (TPSA) is 55.1 Å². The number of rotatable bonds is 6. The molecule has 0 aliphatic carbocycles. The Morgan fingerprint density at radius 2 is 1.94 bits per heavy atom. The number of hydrogen-bond donors (Lipinski definition) is 2. The summed E-state index contributed by atoms with van der Waals surface area (Å²) in [5.41, 5.74) is 7.68. The van der Waals surface area contributed by atoms with Crippen LogP contribution in [-0.4, -0.2) is 5.91 Å². The molecule has 1 atom stereocenters. The third-order valence-corrected chi connectivity index (χ3v) is 2.73. The molecule has 0 aliphatic rings. The second-order valence-electron chi connectivity index (χ2n) is 4.42. The Morgan fingerprint density at radius 1 is 1.29 bits per heavy atom. The predicted molar refractivity (Wildman–Crippen MR) is 71.8 cm³/mol. The molecule has 0 fully saturated rings. The van der Waals surface area contributed by atoms with E-state index in [4.69, 9.17) is 5.73 Å². The van der Waals surface area contributed by atoms with E-state index in [1.807, 2.05) is 31.2 Å². The summed E-state index contributed by atoms with van der Waals surface area (Å²) in [4.78, 5) is 11.6. The SMILES string of the molecule is CCCCCC(=O)Nc1ccc([C@@H](C)N)cc1. The highest BCUT2D eigenvalue weighted by atomic mass is 16.1. The van der Waals surface area contributed by atoms with Gasteiger partial charge in [0.2, 0.25) is 5.91 Å². The van der Waals surface area contributed by atoms with Crippen LogP contribution in [0.15, 0.2) is 24.3 Å². The molecule has 0 saturated carbocycles. The Balaban J connectivity index is 2.43. The van der Waals surface area contributed by atoms with Crippen LogP contribution in [0.5, 0.6) is 0 Å². The van der Waals surface area contributed by atoms with Crippen LogP contribution in [0.25, 0.3) is 0 Å². The third-order valence-electron chi connectivity index (χ3n) is 2.73. The number of carbonyl (C=O) groups excluding carboxylic acids is 1. The first-order valence-corrected chi connectivity index (χ1v) is 6.29. The van der Waals surface area contributed by atoms with Crippen molar-refractivity contribution in [1.29, 1.82) is 0 Å². The lowest BCUT2D eigenvalue weighted by Gasteiger charge is -2.08. The van der Waals surface area contributed by atoms with Crippen LogP contribution >= 0.6 is 0 Å². The van der Waals surface area contributed by atoms with Gasteiger partial charge in [-0.15, -0.1) is 0 Å². The van der Waals surface area contributed by atoms with Crippen molar-refractivity contribution in [1.82, 2.24) is 0 Å². The number of hydrogen-bond acceptors (Lipinski definition) is 2. The zero-order chi connectivity index (χ0) is 12.7. The van der Waals surface area contributed by atoms with E-state index in [1.165, 1.54) is 0 Å². The molecule has 3 N–H and O–H groups in total. The second-order valence-corrected chi connectivity index (χ2v) is 4.42. The maximum Gasteiger partial charge on any atom is 0.224 e. The summed E-state index contributed by atoms with van der Waals surface area (Å²) in [7, 11) is 0. The van der Waals surface area contributed by atoms with Gasteiger partial charge in [-0.2, -0.15) is 0 Å². The lowest BCUT2D eigenvalue weighted by molar-refractivity contribution is -0.116. The van der Waals surface area contributed by atoms with Gasteiger partial charge in [-0.1, -0.05) is 31.9 Å². The van der Waals surface area contributed by atoms with Crippen molar-refractivity contribution in [3.05, 3.63) is 29.8 Å². The number of nitrogens with one attached hydrogen (secondary N) is 1. The molecule has 1 amide bonds. The van der Waals surface area contributed by atoms with Crippen LogP contribution in [0.1, 0.15) is 51.1 Å². The zero-order valence-electron chi connectivity index (χ0n) is 10.7. The molecule has 0 heterocycles. The van der Waals surface area contributed by atoms with Gasteiger partial charge in [-0.05, 0) is 31.0 Å². The average Bonchev–Trinajstić information content (AvgIpc) is 2.30. The monoisotopic (exact) mass is 234 g/mol. The van der Waals surface area contributed by atoms with Crippen LogP contribution in [0.3, 0.4) is 0 Å². The normalized spacial score (nSPS) is 12.2. The Morgan fingerprint density at radius 3 is 2.47 bits per heavy atom. The van der Waals surface area contributed by atoms with Gasteiger partial charge in [0.15, 0.2) is 0 Å². The predicted octanol–water partition coefficient (Wildman–Crippen LogP) is 3.23. The van der Waals surface area contributed by atoms with Crippen molar-refractivity contribution in [2.24, 2.45) is 5.73 Å². The van der Waals surface area contributed by atoms with Gasteiger partial charge in [0.05, 0.1) is 0 Å². The third kappa shape index (κ3) is 5.00. The van der Waals surface area contributed by atoms with E-state index in [9.17, 15) is 4.79 Å². The van der Waals surface area contributed by atoms with Crippen LogP contribution < -0.4 is 11.1 Å². The molecule has 0 radical (unpaired) electrons. The summed E-state index contributed by atoms with van der Waals surface area (Å²) in [6.45, 7) is 4.07. The van der Waals surface area contributed by atoms with Gasteiger partial charge in [-0.25, -0.2) is 0 Å². The molecule has 0 bridgehead atoms. The fraction of sp³-hybridized carbons (Fsp3) is 0.500. The quantitative estimate of drug-likeness (QED) is 0.742. The first-order chi connectivity index (χ1) is 8.13. The van der Waals surface area contributed by atoms with Crippen molar-refractivity contribution in [2.45, 2.75) is 45.6 Å². The molecule has 3 nitrogen and oxygen atoms in total. The number of carbonyl (C=O) groups is 1. The molecule has 0 saturated heterocycles. The van der Waals surface area contributed by atoms with Crippen LogP contribution in [-0.2, 0) is 4.79 Å². The molecule has 17 heavy (non-hydrogen) atoms. The molecule has 0 unspecified atom stereocenters. The van der Waals surface area contributed by atoms with E-state index in [2.05, 4.69) is 12.2 Å².